The number of methoxy groups -OCH3 is 1. The van der Waals surface area contributed by atoms with Crippen molar-refractivity contribution in [3.05, 3.63) is 48.3 Å². The van der Waals surface area contributed by atoms with Gasteiger partial charge in [-0.15, -0.1) is 0 Å². The molecular weight excluding hydrogens is 226 g/mol. The summed E-state index contributed by atoms with van der Waals surface area (Å²) in [4.78, 5) is 6.36. The van der Waals surface area contributed by atoms with Gasteiger partial charge in [-0.3, -0.25) is 4.98 Å². The third kappa shape index (κ3) is 2.53. The zero-order chi connectivity index (χ0) is 13.0. The summed E-state index contributed by atoms with van der Waals surface area (Å²) in [6.07, 6.45) is 1.75. The summed E-state index contributed by atoms with van der Waals surface area (Å²) in [5.41, 5.74) is 8.49. The number of benzene rings is 1. The van der Waals surface area contributed by atoms with E-state index in [1.807, 2.05) is 43.4 Å². The molecule has 18 heavy (non-hydrogen) atoms. The molecule has 1 heterocycles. The van der Waals surface area contributed by atoms with Gasteiger partial charge in [-0.05, 0) is 24.3 Å². The lowest BCUT2D eigenvalue weighted by Crippen LogP contribution is -2.18. The Bertz CT molecular complexity index is 528. The summed E-state index contributed by atoms with van der Waals surface area (Å²) in [5, 5.41) is 0. The Hall–Kier alpha value is -2.23. The maximum atomic E-state index is 5.90. The van der Waals surface area contributed by atoms with Gasteiger partial charge in [0.1, 0.15) is 5.75 Å². The van der Waals surface area contributed by atoms with Crippen LogP contribution in [0.1, 0.15) is 5.69 Å². The Kier molecular flexibility index (Phi) is 3.67. The molecule has 2 N–H and O–H groups in total. The predicted octanol–water partition coefficient (Wildman–Crippen LogP) is 2.31. The van der Waals surface area contributed by atoms with E-state index in [1.165, 1.54) is 0 Å². The lowest BCUT2D eigenvalue weighted by Gasteiger charge is -2.21. The number of nitrogens with two attached hydrogens (primary N) is 1. The van der Waals surface area contributed by atoms with Crippen molar-refractivity contribution >= 4 is 11.4 Å². The molecule has 4 nitrogen and oxygen atoms in total. The SMILES string of the molecule is COc1ccccc1N(C)Cc1ncccc1N. The van der Waals surface area contributed by atoms with Gasteiger partial charge in [-0.2, -0.15) is 0 Å². The first-order valence-electron chi connectivity index (χ1n) is 5.76. The number of hydrogen-bond acceptors (Lipinski definition) is 4. The number of pyridine rings is 1. The fourth-order valence-electron chi connectivity index (χ4n) is 1.84. The van der Waals surface area contributed by atoms with Crippen molar-refractivity contribution in [1.82, 2.24) is 4.98 Å². The van der Waals surface area contributed by atoms with Crippen molar-refractivity contribution in [2.24, 2.45) is 0 Å². The minimum atomic E-state index is 0.646. The Morgan fingerprint density at radius 2 is 2.00 bits per heavy atom. The molecule has 2 rings (SSSR count). The van der Waals surface area contributed by atoms with Crippen LogP contribution in [0.2, 0.25) is 0 Å². The van der Waals surface area contributed by atoms with E-state index >= 15 is 0 Å². The molecule has 0 aliphatic heterocycles. The second-order valence-electron chi connectivity index (χ2n) is 4.07. The van der Waals surface area contributed by atoms with Crippen molar-refractivity contribution in [3.63, 3.8) is 0 Å². The first kappa shape index (κ1) is 12.2. The van der Waals surface area contributed by atoms with Gasteiger partial charge < -0.3 is 15.4 Å². The predicted molar refractivity (Wildman–Crippen MR) is 73.8 cm³/mol. The van der Waals surface area contributed by atoms with Gasteiger partial charge >= 0.3 is 0 Å². The summed E-state index contributed by atoms with van der Waals surface area (Å²) in [5.74, 6) is 0.842. The van der Waals surface area contributed by atoms with Crippen molar-refractivity contribution in [3.8, 4) is 5.75 Å². The number of nitrogens with zero attached hydrogens (tertiary/aromatic N) is 2. The lowest BCUT2D eigenvalue weighted by molar-refractivity contribution is 0.414. The number of ether oxygens (including phenoxy) is 1. The third-order valence-corrected chi connectivity index (χ3v) is 2.81. The Morgan fingerprint density at radius 3 is 2.72 bits per heavy atom. The highest BCUT2D eigenvalue weighted by molar-refractivity contribution is 5.58. The van der Waals surface area contributed by atoms with Gasteiger partial charge in [0, 0.05) is 13.2 Å². The molecule has 1 aromatic heterocycles. The van der Waals surface area contributed by atoms with E-state index in [0.717, 1.165) is 17.1 Å². The zero-order valence-corrected chi connectivity index (χ0v) is 10.6. The molecule has 0 radical (unpaired) electrons. The van der Waals surface area contributed by atoms with E-state index in [2.05, 4.69) is 9.88 Å². The molecule has 0 aliphatic rings. The van der Waals surface area contributed by atoms with Crippen molar-refractivity contribution in [1.29, 1.82) is 0 Å². The van der Waals surface area contributed by atoms with Gasteiger partial charge in [0.25, 0.3) is 0 Å². The van der Waals surface area contributed by atoms with Crippen LogP contribution in [-0.2, 0) is 6.54 Å². The molecule has 0 amide bonds. The minimum Gasteiger partial charge on any atom is -0.495 e. The van der Waals surface area contributed by atoms with E-state index in [0.29, 0.717) is 12.2 Å². The average molecular weight is 243 g/mol. The largest absolute Gasteiger partial charge is 0.495 e. The van der Waals surface area contributed by atoms with Crippen LogP contribution in [0.3, 0.4) is 0 Å². The number of nitrogen functional groups attached to an aromatic ring is 1. The molecule has 0 spiro atoms. The first-order valence-corrected chi connectivity index (χ1v) is 5.76. The van der Waals surface area contributed by atoms with Gasteiger partial charge in [0.15, 0.2) is 0 Å². The van der Waals surface area contributed by atoms with Crippen LogP contribution in [0, 0.1) is 0 Å². The van der Waals surface area contributed by atoms with Gasteiger partial charge in [0.05, 0.1) is 30.7 Å². The molecule has 2 aromatic rings. The summed E-state index contributed by atoms with van der Waals surface area (Å²) in [7, 11) is 3.66. The molecule has 0 saturated carbocycles. The smallest absolute Gasteiger partial charge is 0.142 e. The van der Waals surface area contributed by atoms with Gasteiger partial charge in [0.2, 0.25) is 0 Å². The average Bonchev–Trinajstić information content (AvgIpc) is 2.41. The van der Waals surface area contributed by atoms with E-state index in [-0.39, 0.29) is 0 Å². The first-order chi connectivity index (χ1) is 8.72. The molecule has 0 unspecified atom stereocenters. The molecule has 0 bridgehead atoms. The number of rotatable bonds is 4. The van der Waals surface area contributed by atoms with Crippen LogP contribution >= 0.6 is 0 Å². The summed E-state index contributed by atoms with van der Waals surface area (Å²) < 4.78 is 5.34. The fourth-order valence-corrected chi connectivity index (χ4v) is 1.84. The topological polar surface area (TPSA) is 51.4 Å². The summed E-state index contributed by atoms with van der Waals surface area (Å²) in [6, 6.07) is 11.6. The number of aromatic nitrogens is 1. The molecular formula is C14H17N3O. The van der Waals surface area contributed by atoms with E-state index in [4.69, 9.17) is 10.5 Å². The Morgan fingerprint density at radius 1 is 1.22 bits per heavy atom. The molecule has 0 aliphatic carbocycles. The maximum Gasteiger partial charge on any atom is 0.142 e. The van der Waals surface area contributed by atoms with Crippen LogP contribution in [-0.4, -0.2) is 19.1 Å². The van der Waals surface area contributed by atoms with E-state index < -0.39 is 0 Å². The van der Waals surface area contributed by atoms with Crippen LogP contribution in [0.5, 0.6) is 5.75 Å². The standard InChI is InChI=1S/C14H17N3O/c1-17(10-12-11(15)6-5-9-16-12)13-7-3-4-8-14(13)18-2/h3-9H,10,15H2,1-2H3. The van der Waals surface area contributed by atoms with Crippen LogP contribution < -0.4 is 15.4 Å². The minimum absolute atomic E-state index is 0.646. The highest BCUT2D eigenvalue weighted by atomic mass is 16.5. The van der Waals surface area contributed by atoms with E-state index in [1.54, 1.807) is 13.3 Å². The van der Waals surface area contributed by atoms with Crippen LogP contribution in [0.15, 0.2) is 42.6 Å². The van der Waals surface area contributed by atoms with Crippen LogP contribution in [0.25, 0.3) is 0 Å². The highest BCUT2D eigenvalue weighted by Crippen LogP contribution is 2.27. The van der Waals surface area contributed by atoms with Crippen LogP contribution in [0.4, 0.5) is 11.4 Å². The maximum absolute atomic E-state index is 5.90. The van der Waals surface area contributed by atoms with E-state index in [9.17, 15) is 0 Å². The molecule has 4 heteroatoms. The number of hydrogen-bond donors (Lipinski definition) is 1. The lowest BCUT2D eigenvalue weighted by atomic mass is 10.2. The van der Waals surface area contributed by atoms with Crippen molar-refractivity contribution in [2.75, 3.05) is 24.8 Å². The molecule has 94 valence electrons. The molecule has 0 fully saturated rings. The summed E-state index contributed by atoms with van der Waals surface area (Å²) in [6.45, 7) is 0.646. The third-order valence-electron chi connectivity index (χ3n) is 2.81. The number of para-hydroxylation sites is 2. The molecule has 0 saturated heterocycles. The monoisotopic (exact) mass is 243 g/mol. The second-order valence-corrected chi connectivity index (χ2v) is 4.07. The quantitative estimate of drug-likeness (QED) is 0.895. The fraction of sp³-hybridized carbons (Fsp3) is 0.214. The second kappa shape index (κ2) is 5.40. The van der Waals surface area contributed by atoms with Crippen molar-refractivity contribution < 1.29 is 4.74 Å². The summed E-state index contributed by atoms with van der Waals surface area (Å²) >= 11 is 0. The van der Waals surface area contributed by atoms with Gasteiger partial charge in [-0.1, -0.05) is 12.1 Å². The van der Waals surface area contributed by atoms with Gasteiger partial charge in [-0.25, -0.2) is 0 Å². The Balaban J connectivity index is 2.22. The van der Waals surface area contributed by atoms with Crippen molar-refractivity contribution in [2.45, 2.75) is 6.54 Å². The number of anilines is 2. The molecule has 1 aromatic carbocycles. The molecule has 0 atom stereocenters. The normalized spacial score (nSPS) is 10.1. The zero-order valence-electron chi connectivity index (χ0n) is 10.6. The Labute approximate surface area is 107 Å². The highest BCUT2D eigenvalue weighted by Gasteiger charge is 2.09.